The van der Waals surface area contributed by atoms with Crippen molar-refractivity contribution in [2.45, 2.75) is 24.9 Å². The molecule has 1 aliphatic rings. The second-order valence-electron chi connectivity index (χ2n) is 6.89. The Bertz CT molecular complexity index is 970. The zero-order valence-corrected chi connectivity index (χ0v) is 16.4. The van der Waals surface area contributed by atoms with Crippen LogP contribution in [0.25, 0.3) is 10.4 Å². The lowest BCUT2D eigenvalue weighted by Crippen LogP contribution is -2.45. The Labute approximate surface area is 173 Å². The van der Waals surface area contributed by atoms with Gasteiger partial charge in [0.25, 0.3) is 0 Å². The molecule has 1 aliphatic heterocycles. The minimum absolute atomic E-state index is 0.0300. The third kappa shape index (κ3) is 4.89. The van der Waals surface area contributed by atoms with Gasteiger partial charge in [-0.15, -0.1) is 0 Å². The molecule has 0 aromatic heterocycles. The van der Waals surface area contributed by atoms with E-state index in [4.69, 9.17) is 25.8 Å². The number of aliphatic imine (C=N–C) groups is 1. The third-order valence-electron chi connectivity index (χ3n) is 4.80. The largest absolute Gasteiger partial charge is 0.494 e. The molecular formula is C21H23N5O4. The van der Waals surface area contributed by atoms with Crippen LogP contribution in [0.15, 0.2) is 58.6 Å². The number of rotatable bonds is 10. The van der Waals surface area contributed by atoms with Crippen LogP contribution in [0.2, 0.25) is 0 Å². The SMILES string of the molecule is [N-]=[N+]=NCc1ccccc1C[C@]1(C(N)=O)COC(c2ccc(OCCCO)cc2)=N1. The summed E-state index contributed by atoms with van der Waals surface area (Å²) in [6, 6.07) is 14.5. The Morgan fingerprint density at radius 3 is 2.67 bits per heavy atom. The molecule has 2 aromatic carbocycles. The number of carbonyl (C=O) groups excluding carboxylic acids is 1. The molecule has 0 aliphatic carbocycles. The van der Waals surface area contributed by atoms with Crippen molar-refractivity contribution < 1.29 is 19.4 Å². The van der Waals surface area contributed by atoms with Gasteiger partial charge in [0.2, 0.25) is 11.8 Å². The van der Waals surface area contributed by atoms with Crippen molar-refractivity contribution in [1.82, 2.24) is 0 Å². The standard InChI is InChI=1S/C21H23N5O4/c22-20(28)21(12-16-4-1-2-5-17(16)13-24-26-23)14-30-19(25-21)15-6-8-18(9-7-15)29-11-3-10-27/h1-2,4-9,27H,3,10-14H2,(H2,22,28)/t21-/m1/s1. The average Bonchev–Trinajstić information content (AvgIpc) is 3.19. The van der Waals surface area contributed by atoms with Crippen LogP contribution >= 0.6 is 0 Å². The van der Waals surface area contributed by atoms with Crippen molar-refractivity contribution in [3.05, 3.63) is 75.7 Å². The van der Waals surface area contributed by atoms with Crippen molar-refractivity contribution >= 4 is 11.8 Å². The first kappa shape index (κ1) is 21.2. The zero-order chi connectivity index (χ0) is 21.4. The molecule has 9 heteroatoms. The van der Waals surface area contributed by atoms with Gasteiger partial charge in [-0.05, 0) is 40.9 Å². The number of nitrogens with two attached hydrogens (primary N) is 1. The molecule has 9 nitrogen and oxygen atoms in total. The number of carbonyl (C=O) groups is 1. The molecular weight excluding hydrogens is 386 g/mol. The summed E-state index contributed by atoms with van der Waals surface area (Å²) in [5, 5.41) is 12.4. The molecule has 1 heterocycles. The van der Waals surface area contributed by atoms with Crippen LogP contribution in [0.1, 0.15) is 23.1 Å². The molecule has 0 saturated carbocycles. The molecule has 3 rings (SSSR count). The fourth-order valence-corrected chi connectivity index (χ4v) is 3.15. The van der Waals surface area contributed by atoms with Crippen LogP contribution in [0.3, 0.4) is 0 Å². The van der Waals surface area contributed by atoms with Crippen molar-refractivity contribution in [2.24, 2.45) is 15.8 Å². The van der Waals surface area contributed by atoms with E-state index in [0.29, 0.717) is 30.2 Å². The number of hydrogen-bond donors (Lipinski definition) is 2. The normalized spacial score (nSPS) is 17.6. The van der Waals surface area contributed by atoms with Crippen LogP contribution in [0.4, 0.5) is 0 Å². The molecule has 0 unspecified atom stereocenters. The summed E-state index contributed by atoms with van der Waals surface area (Å²) in [6.07, 6.45) is 0.797. The van der Waals surface area contributed by atoms with Crippen molar-refractivity contribution in [3.63, 3.8) is 0 Å². The van der Waals surface area contributed by atoms with E-state index in [9.17, 15) is 4.79 Å². The monoisotopic (exact) mass is 409 g/mol. The van der Waals surface area contributed by atoms with Gasteiger partial charge in [-0.25, -0.2) is 4.99 Å². The first-order valence-corrected chi connectivity index (χ1v) is 9.52. The van der Waals surface area contributed by atoms with Crippen molar-refractivity contribution in [2.75, 3.05) is 19.8 Å². The average molecular weight is 409 g/mol. The number of aliphatic hydroxyl groups excluding tert-OH is 1. The summed E-state index contributed by atoms with van der Waals surface area (Å²) in [6.45, 7) is 0.705. The zero-order valence-electron chi connectivity index (χ0n) is 16.4. The Morgan fingerprint density at radius 1 is 1.27 bits per heavy atom. The maximum atomic E-state index is 12.3. The molecule has 2 aromatic rings. The van der Waals surface area contributed by atoms with E-state index >= 15 is 0 Å². The first-order chi connectivity index (χ1) is 14.6. The van der Waals surface area contributed by atoms with E-state index in [-0.39, 0.29) is 26.2 Å². The third-order valence-corrected chi connectivity index (χ3v) is 4.80. The molecule has 156 valence electrons. The lowest BCUT2D eigenvalue weighted by Gasteiger charge is -2.21. The molecule has 0 fully saturated rings. The molecule has 0 spiro atoms. The van der Waals surface area contributed by atoms with E-state index in [1.807, 2.05) is 24.3 Å². The van der Waals surface area contributed by atoms with Gasteiger partial charge in [-0.2, -0.15) is 0 Å². The summed E-state index contributed by atoms with van der Waals surface area (Å²) >= 11 is 0. The Kier molecular flexibility index (Phi) is 6.90. The van der Waals surface area contributed by atoms with Crippen LogP contribution < -0.4 is 10.5 Å². The number of primary amides is 1. The lowest BCUT2D eigenvalue weighted by molar-refractivity contribution is -0.123. The number of hydrogen-bond acceptors (Lipinski definition) is 6. The van der Waals surface area contributed by atoms with Gasteiger partial charge in [0.15, 0.2) is 5.54 Å². The van der Waals surface area contributed by atoms with Gasteiger partial charge < -0.3 is 20.3 Å². The minimum atomic E-state index is -1.24. The highest BCUT2D eigenvalue weighted by Crippen LogP contribution is 2.28. The van der Waals surface area contributed by atoms with Crippen LogP contribution in [-0.2, 0) is 22.5 Å². The van der Waals surface area contributed by atoms with Crippen LogP contribution in [0, 0.1) is 0 Å². The Morgan fingerprint density at radius 2 is 2.00 bits per heavy atom. The van der Waals surface area contributed by atoms with E-state index in [2.05, 4.69) is 15.0 Å². The summed E-state index contributed by atoms with van der Waals surface area (Å²) in [5.41, 5.74) is 15.4. The van der Waals surface area contributed by atoms with Gasteiger partial charge in [0.05, 0.1) is 13.2 Å². The number of aliphatic hydroxyl groups is 1. The number of nitrogens with zero attached hydrogens (tertiary/aromatic N) is 4. The van der Waals surface area contributed by atoms with Gasteiger partial charge >= 0.3 is 0 Å². The molecule has 30 heavy (non-hydrogen) atoms. The summed E-state index contributed by atoms with van der Waals surface area (Å²) in [4.78, 5) is 19.7. The molecule has 1 atom stereocenters. The number of benzene rings is 2. The smallest absolute Gasteiger partial charge is 0.249 e. The van der Waals surface area contributed by atoms with Crippen LogP contribution in [0.5, 0.6) is 5.75 Å². The summed E-state index contributed by atoms with van der Waals surface area (Å²) < 4.78 is 11.3. The van der Waals surface area contributed by atoms with E-state index in [1.165, 1.54) is 0 Å². The Hall–Kier alpha value is -3.55. The second kappa shape index (κ2) is 9.78. The highest BCUT2D eigenvalue weighted by molar-refractivity contribution is 6.00. The first-order valence-electron chi connectivity index (χ1n) is 9.52. The molecule has 1 amide bonds. The minimum Gasteiger partial charge on any atom is -0.494 e. The van der Waals surface area contributed by atoms with Gasteiger partial charge in [0, 0.05) is 29.9 Å². The predicted molar refractivity (Wildman–Crippen MR) is 111 cm³/mol. The number of amides is 1. The topological polar surface area (TPSA) is 143 Å². The predicted octanol–water partition coefficient (Wildman–Crippen LogP) is 2.50. The fourth-order valence-electron chi connectivity index (χ4n) is 3.15. The van der Waals surface area contributed by atoms with E-state index < -0.39 is 11.4 Å². The van der Waals surface area contributed by atoms with Crippen molar-refractivity contribution in [1.29, 1.82) is 0 Å². The molecule has 0 saturated heterocycles. The summed E-state index contributed by atoms with van der Waals surface area (Å²) in [5.74, 6) is 0.419. The Balaban J connectivity index is 1.82. The van der Waals surface area contributed by atoms with Gasteiger partial charge in [-0.3, -0.25) is 4.79 Å². The number of azide groups is 1. The number of ether oxygens (including phenoxy) is 2. The quantitative estimate of drug-likeness (QED) is 0.269. The maximum absolute atomic E-state index is 12.3. The van der Waals surface area contributed by atoms with Gasteiger partial charge in [-0.1, -0.05) is 29.4 Å². The molecule has 0 bridgehead atoms. The van der Waals surface area contributed by atoms with Crippen molar-refractivity contribution in [3.8, 4) is 5.75 Å². The second-order valence-corrected chi connectivity index (χ2v) is 6.89. The lowest BCUT2D eigenvalue weighted by atomic mass is 9.89. The van der Waals surface area contributed by atoms with E-state index in [0.717, 1.165) is 11.1 Å². The van der Waals surface area contributed by atoms with E-state index in [1.54, 1.807) is 24.3 Å². The highest BCUT2D eigenvalue weighted by Gasteiger charge is 2.43. The molecule has 0 radical (unpaired) electrons. The molecule has 3 N–H and O–H groups in total. The van der Waals surface area contributed by atoms with Gasteiger partial charge in [0.1, 0.15) is 12.4 Å². The summed E-state index contributed by atoms with van der Waals surface area (Å²) in [7, 11) is 0. The fraction of sp³-hybridized carbons (Fsp3) is 0.333. The highest BCUT2D eigenvalue weighted by atomic mass is 16.5. The van der Waals surface area contributed by atoms with Crippen LogP contribution in [-0.4, -0.2) is 42.3 Å². The maximum Gasteiger partial charge on any atom is 0.249 e.